The van der Waals surface area contributed by atoms with Crippen LogP contribution in [0, 0.1) is 6.92 Å². The highest BCUT2D eigenvalue weighted by molar-refractivity contribution is 5.99. The van der Waals surface area contributed by atoms with Crippen LogP contribution in [0.4, 0.5) is 17.5 Å². The van der Waals surface area contributed by atoms with E-state index in [-0.39, 0.29) is 22.9 Å². The van der Waals surface area contributed by atoms with E-state index in [0.29, 0.717) is 23.0 Å². The Hall–Kier alpha value is -3.33. The van der Waals surface area contributed by atoms with Crippen LogP contribution in [0.2, 0.25) is 0 Å². The predicted molar refractivity (Wildman–Crippen MR) is 140 cm³/mol. The zero-order chi connectivity index (χ0) is 25.1. The molecule has 0 spiro atoms. The summed E-state index contributed by atoms with van der Waals surface area (Å²) in [7, 11) is 4.16. The second kappa shape index (κ2) is 10.5. The number of ketones is 1. The average molecular weight is 478 g/mol. The van der Waals surface area contributed by atoms with Gasteiger partial charge in [-0.25, -0.2) is 9.97 Å². The minimum atomic E-state index is -0.252. The summed E-state index contributed by atoms with van der Waals surface area (Å²) >= 11 is 0. The molecule has 1 fully saturated rings. The highest BCUT2D eigenvalue weighted by Crippen LogP contribution is 2.32. The lowest BCUT2D eigenvalue weighted by Gasteiger charge is -2.22. The van der Waals surface area contributed by atoms with Crippen LogP contribution in [0.1, 0.15) is 61.5 Å². The minimum absolute atomic E-state index is 0.0474. The average Bonchev–Trinajstić information content (AvgIpc) is 3.37. The Bertz CT molecular complexity index is 1260. The molecule has 0 amide bonds. The summed E-state index contributed by atoms with van der Waals surface area (Å²) in [5.74, 6) is 0.773. The molecule has 4 rings (SSSR count). The first-order valence-electron chi connectivity index (χ1n) is 12.4. The largest absolute Gasteiger partial charge is 0.372 e. The number of aryl methyl sites for hydroxylation is 1. The number of Topliss-reactive ketones (excluding diaryl/α,β-unsaturated/α-hetero) is 1. The van der Waals surface area contributed by atoms with Crippen LogP contribution < -0.4 is 15.8 Å². The Labute approximate surface area is 206 Å². The number of anilines is 3. The first kappa shape index (κ1) is 24.8. The molecule has 1 saturated carbocycles. The second-order valence-electron chi connectivity index (χ2n) is 9.44. The molecule has 0 saturated heterocycles. The fraction of sp³-hybridized carbons (Fsp3) is 0.500. The van der Waals surface area contributed by atoms with Crippen molar-refractivity contribution in [2.75, 3.05) is 43.9 Å². The Morgan fingerprint density at radius 1 is 1.14 bits per heavy atom. The zero-order valence-electron chi connectivity index (χ0n) is 21.3. The number of hydrogen-bond donors (Lipinski definition) is 1. The van der Waals surface area contributed by atoms with Crippen LogP contribution >= 0.6 is 0 Å². The fourth-order valence-electron chi connectivity index (χ4n) is 4.72. The quantitative estimate of drug-likeness (QED) is 0.463. The lowest BCUT2D eigenvalue weighted by molar-refractivity contribution is 0.101. The fourth-order valence-corrected chi connectivity index (χ4v) is 4.72. The van der Waals surface area contributed by atoms with Gasteiger partial charge in [-0.15, -0.1) is 0 Å². The lowest BCUT2D eigenvalue weighted by atomic mass is 10.0. The molecule has 186 valence electrons. The van der Waals surface area contributed by atoms with Gasteiger partial charge >= 0.3 is 0 Å². The van der Waals surface area contributed by atoms with Gasteiger partial charge in [-0.05, 0) is 58.0 Å². The van der Waals surface area contributed by atoms with Crippen LogP contribution in [-0.4, -0.2) is 63.9 Å². The van der Waals surface area contributed by atoms with Crippen molar-refractivity contribution in [1.82, 2.24) is 24.4 Å². The molecule has 0 bridgehead atoms. The molecule has 9 heteroatoms. The Balaban J connectivity index is 1.63. The molecular formula is C26H35N7O2. The number of hydrogen-bond acceptors (Lipinski definition) is 8. The van der Waals surface area contributed by atoms with Crippen molar-refractivity contribution in [1.29, 1.82) is 0 Å². The number of nitrogens with zero attached hydrogens (tertiary/aromatic N) is 6. The Kier molecular flexibility index (Phi) is 7.45. The number of aromatic nitrogens is 4. The van der Waals surface area contributed by atoms with Crippen molar-refractivity contribution in [2.45, 2.75) is 52.5 Å². The van der Waals surface area contributed by atoms with Gasteiger partial charge in [0.1, 0.15) is 11.5 Å². The van der Waals surface area contributed by atoms with Crippen LogP contribution in [0.15, 0.2) is 29.3 Å². The molecule has 9 nitrogen and oxygen atoms in total. The van der Waals surface area contributed by atoms with Gasteiger partial charge in [0.05, 0.1) is 17.4 Å². The maximum Gasteiger partial charge on any atom is 0.263 e. The number of carbonyl (C=O) groups excluding carboxylic acids is 1. The first-order valence-corrected chi connectivity index (χ1v) is 12.4. The topological polar surface area (TPSA) is 96.2 Å². The molecule has 0 radical (unpaired) electrons. The standard InChI is InChI=1S/C26H35N7O2/c1-6-31(4)13-14-32(5)20-11-12-22(27-15-20)29-26-28-16-21-17(2)23(18(3)34)25(35)33(24(21)30-26)19-9-7-8-10-19/h11-12,15-16,19H,6-10,13-14H2,1-5H3,(H,27,28,29,30). The molecule has 3 heterocycles. The van der Waals surface area contributed by atoms with Gasteiger partial charge in [0.2, 0.25) is 5.95 Å². The number of pyridine rings is 2. The summed E-state index contributed by atoms with van der Waals surface area (Å²) in [6.45, 7) is 8.29. The monoisotopic (exact) mass is 477 g/mol. The molecule has 1 N–H and O–H groups in total. The number of likely N-dealkylation sites (N-methyl/N-ethyl adjacent to an activating group) is 2. The molecule has 3 aromatic heterocycles. The van der Waals surface area contributed by atoms with Crippen molar-refractivity contribution in [3.8, 4) is 0 Å². The Morgan fingerprint density at radius 2 is 1.89 bits per heavy atom. The van der Waals surface area contributed by atoms with Crippen molar-refractivity contribution >= 4 is 34.3 Å². The summed E-state index contributed by atoms with van der Waals surface area (Å²) in [5.41, 5.74) is 2.22. The van der Waals surface area contributed by atoms with Gasteiger partial charge in [0.25, 0.3) is 5.56 Å². The molecule has 1 aliphatic carbocycles. The molecule has 0 unspecified atom stereocenters. The van der Waals surface area contributed by atoms with E-state index < -0.39 is 0 Å². The van der Waals surface area contributed by atoms with Gasteiger partial charge in [-0.3, -0.25) is 14.2 Å². The van der Waals surface area contributed by atoms with E-state index in [1.54, 1.807) is 17.7 Å². The van der Waals surface area contributed by atoms with Crippen molar-refractivity contribution in [3.05, 3.63) is 46.0 Å². The van der Waals surface area contributed by atoms with Gasteiger partial charge in [0, 0.05) is 37.8 Å². The molecule has 0 aliphatic heterocycles. The molecule has 0 atom stereocenters. The number of rotatable bonds is 9. The van der Waals surface area contributed by atoms with E-state index in [1.165, 1.54) is 6.92 Å². The van der Waals surface area contributed by atoms with Crippen LogP contribution in [-0.2, 0) is 0 Å². The third-order valence-electron chi connectivity index (χ3n) is 7.04. The molecule has 35 heavy (non-hydrogen) atoms. The molecule has 1 aliphatic rings. The van der Waals surface area contributed by atoms with Gasteiger partial charge < -0.3 is 15.1 Å². The third kappa shape index (κ3) is 5.19. The predicted octanol–water partition coefficient (Wildman–Crippen LogP) is 3.94. The summed E-state index contributed by atoms with van der Waals surface area (Å²) in [5, 5.41) is 3.90. The van der Waals surface area contributed by atoms with E-state index in [2.05, 4.69) is 46.1 Å². The Morgan fingerprint density at radius 3 is 2.51 bits per heavy atom. The van der Waals surface area contributed by atoms with Crippen molar-refractivity contribution in [2.24, 2.45) is 0 Å². The highest BCUT2D eigenvalue weighted by atomic mass is 16.1. The smallest absolute Gasteiger partial charge is 0.263 e. The number of fused-ring (bicyclic) bond motifs is 1. The van der Waals surface area contributed by atoms with E-state index >= 15 is 0 Å². The van der Waals surface area contributed by atoms with E-state index in [4.69, 9.17) is 4.98 Å². The summed E-state index contributed by atoms with van der Waals surface area (Å²) in [6.07, 6.45) is 7.48. The van der Waals surface area contributed by atoms with Crippen LogP contribution in [0.25, 0.3) is 11.0 Å². The summed E-state index contributed by atoms with van der Waals surface area (Å²) in [6, 6.07) is 3.96. The van der Waals surface area contributed by atoms with E-state index in [0.717, 1.165) is 56.4 Å². The maximum atomic E-state index is 13.4. The maximum absolute atomic E-state index is 13.4. The molecule has 3 aromatic rings. The van der Waals surface area contributed by atoms with Crippen LogP contribution in [0.5, 0.6) is 0 Å². The first-order chi connectivity index (χ1) is 16.8. The van der Waals surface area contributed by atoms with Gasteiger partial charge in [0.15, 0.2) is 5.78 Å². The van der Waals surface area contributed by atoms with E-state index in [9.17, 15) is 9.59 Å². The molecular weight excluding hydrogens is 442 g/mol. The third-order valence-corrected chi connectivity index (χ3v) is 7.04. The SMILES string of the molecule is CCN(C)CCN(C)c1ccc(Nc2ncc3c(C)c(C(C)=O)c(=O)n(C4CCCC4)c3n2)nc1. The number of nitrogens with one attached hydrogen (secondary N) is 1. The van der Waals surface area contributed by atoms with Crippen molar-refractivity contribution < 1.29 is 4.79 Å². The van der Waals surface area contributed by atoms with Crippen molar-refractivity contribution in [3.63, 3.8) is 0 Å². The van der Waals surface area contributed by atoms with Gasteiger partial charge in [-0.1, -0.05) is 19.8 Å². The number of carbonyl (C=O) groups is 1. The zero-order valence-corrected chi connectivity index (χ0v) is 21.3. The second-order valence-corrected chi connectivity index (χ2v) is 9.44. The highest BCUT2D eigenvalue weighted by Gasteiger charge is 2.25. The summed E-state index contributed by atoms with van der Waals surface area (Å²) < 4.78 is 1.72. The lowest BCUT2D eigenvalue weighted by Crippen LogP contribution is -2.30. The summed E-state index contributed by atoms with van der Waals surface area (Å²) in [4.78, 5) is 43.8. The van der Waals surface area contributed by atoms with E-state index in [1.807, 2.05) is 18.3 Å². The minimum Gasteiger partial charge on any atom is -0.372 e. The van der Waals surface area contributed by atoms with Crippen LogP contribution in [0.3, 0.4) is 0 Å². The molecule has 0 aromatic carbocycles. The van der Waals surface area contributed by atoms with Gasteiger partial charge in [-0.2, -0.15) is 4.98 Å². The normalized spacial score (nSPS) is 14.1.